The minimum atomic E-state index is -0.552. The molecule has 2 amide bonds. The van der Waals surface area contributed by atoms with Gasteiger partial charge in [-0.05, 0) is 73.6 Å². The molecule has 3 fully saturated rings. The highest BCUT2D eigenvalue weighted by molar-refractivity contribution is 6.30. The second-order valence-electron chi connectivity index (χ2n) is 7.79. The predicted octanol–water partition coefficient (Wildman–Crippen LogP) is 4.09. The Morgan fingerprint density at radius 2 is 1.61 bits per heavy atom. The van der Waals surface area contributed by atoms with E-state index in [1.807, 2.05) is 0 Å². The summed E-state index contributed by atoms with van der Waals surface area (Å²) in [5.41, 5.74) is 0.724. The Balaban J connectivity index is 1.40. The van der Waals surface area contributed by atoms with E-state index in [4.69, 9.17) is 16.3 Å². The molecule has 28 heavy (non-hydrogen) atoms. The third-order valence-corrected chi connectivity index (χ3v) is 6.54. The molecule has 3 aliphatic rings. The first-order valence-corrected chi connectivity index (χ1v) is 9.86. The number of amides is 2. The van der Waals surface area contributed by atoms with Crippen LogP contribution >= 0.6 is 11.6 Å². The maximum Gasteiger partial charge on any atom is 0.343 e. The molecule has 6 heteroatoms. The maximum atomic E-state index is 13.0. The Labute approximate surface area is 167 Å². The van der Waals surface area contributed by atoms with Gasteiger partial charge in [0.25, 0.3) is 0 Å². The van der Waals surface area contributed by atoms with Crippen molar-refractivity contribution in [3.63, 3.8) is 0 Å². The molecule has 2 aromatic rings. The average Bonchev–Trinajstić information content (AvgIpc) is 3.37. The van der Waals surface area contributed by atoms with Crippen molar-refractivity contribution in [2.45, 2.75) is 19.3 Å². The molecule has 0 radical (unpaired) electrons. The Morgan fingerprint density at radius 1 is 0.964 bits per heavy atom. The van der Waals surface area contributed by atoms with E-state index in [0.29, 0.717) is 28.3 Å². The molecule has 2 saturated carbocycles. The van der Waals surface area contributed by atoms with Gasteiger partial charge in [-0.3, -0.25) is 14.5 Å². The summed E-state index contributed by atoms with van der Waals surface area (Å²) in [4.78, 5) is 39.7. The molecule has 2 bridgehead atoms. The summed E-state index contributed by atoms with van der Waals surface area (Å²) in [6.07, 6.45) is 3.06. The van der Waals surface area contributed by atoms with Gasteiger partial charge in [-0.2, -0.15) is 0 Å². The van der Waals surface area contributed by atoms with Crippen LogP contribution in [0.4, 0.5) is 5.69 Å². The molecule has 5 rings (SSSR count). The topological polar surface area (TPSA) is 63.7 Å². The van der Waals surface area contributed by atoms with Gasteiger partial charge in [0.2, 0.25) is 11.8 Å². The van der Waals surface area contributed by atoms with Crippen LogP contribution in [0.3, 0.4) is 0 Å². The maximum absolute atomic E-state index is 13.0. The molecule has 5 nitrogen and oxygen atoms in total. The Kier molecular flexibility index (Phi) is 4.02. The van der Waals surface area contributed by atoms with Crippen molar-refractivity contribution < 1.29 is 19.1 Å². The zero-order chi connectivity index (χ0) is 19.4. The molecule has 0 aromatic heterocycles. The molecule has 2 aromatic carbocycles. The van der Waals surface area contributed by atoms with Crippen molar-refractivity contribution in [2.75, 3.05) is 4.90 Å². The smallest absolute Gasteiger partial charge is 0.343 e. The molecule has 0 spiro atoms. The molecular weight excluding hydrogens is 378 g/mol. The van der Waals surface area contributed by atoms with Crippen molar-refractivity contribution in [2.24, 2.45) is 23.7 Å². The number of benzene rings is 2. The second-order valence-corrected chi connectivity index (χ2v) is 8.23. The zero-order valence-electron chi connectivity index (χ0n) is 15.0. The van der Waals surface area contributed by atoms with E-state index in [-0.39, 0.29) is 29.2 Å². The molecule has 1 heterocycles. The summed E-state index contributed by atoms with van der Waals surface area (Å²) in [7, 11) is 0. The zero-order valence-corrected chi connectivity index (χ0v) is 15.8. The lowest BCUT2D eigenvalue weighted by molar-refractivity contribution is -0.123. The van der Waals surface area contributed by atoms with E-state index in [9.17, 15) is 14.4 Å². The third-order valence-electron chi connectivity index (χ3n) is 6.29. The number of ether oxygens (including phenoxy) is 1. The fourth-order valence-electron chi connectivity index (χ4n) is 5.10. The van der Waals surface area contributed by atoms with Gasteiger partial charge in [0.1, 0.15) is 5.75 Å². The first kappa shape index (κ1) is 17.4. The van der Waals surface area contributed by atoms with Crippen LogP contribution in [0.1, 0.15) is 29.6 Å². The van der Waals surface area contributed by atoms with Gasteiger partial charge in [0.05, 0.1) is 23.1 Å². The van der Waals surface area contributed by atoms with Crippen molar-refractivity contribution >= 4 is 35.1 Å². The first-order chi connectivity index (χ1) is 13.5. The number of rotatable bonds is 3. The summed E-state index contributed by atoms with van der Waals surface area (Å²) in [6.45, 7) is 0. The Morgan fingerprint density at radius 3 is 2.25 bits per heavy atom. The summed E-state index contributed by atoms with van der Waals surface area (Å²) in [5.74, 6) is -0.130. The number of carbonyl (C=O) groups excluding carboxylic acids is 3. The van der Waals surface area contributed by atoms with E-state index < -0.39 is 5.97 Å². The molecule has 4 unspecified atom stereocenters. The molecule has 1 aliphatic heterocycles. The van der Waals surface area contributed by atoms with E-state index in [1.54, 1.807) is 48.5 Å². The van der Waals surface area contributed by atoms with Gasteiger partial charge in [0.15, 0.2) is 0 Å². The van der Waals surface area contributed by atoms with Crippen LogP contribution in [0, 0.1) is 23.7 Å². The van der Waals surface area contributed by atoms with Gasteiger partial charge >= 0.3 is 5.97 Å². The molecule has 142 valence electrons. The number of carbonyl (C=O) groups is 3. The molecule has 0 N–H and O–H groups in total. The van der Waals surface area contributed by atoms with E-state index >= 15 is 0 Å². The van der Waals surface area contributed by atoms with Gasteiger partial charge in [-0.25, -0.2) is 4.79 Å². The predicted molar refractivity (Wildman–Crippen MR) is 103 cm³/mol. The van der Waals surface area contributed by atoms with Crippen LogP contribution < -0.4 is 9.64 Å². The van der Waals surface area contributed by atoms with Crippen molar-refractivity contribution in [3.8, 4) is 5.75 Å². The lowest BCUT2D eigenvalue weighted by atomic mass is 9.81. The van der Waals surface area contributed by atoms with Crippen LogP contribution in [0.2, 0.25) is 5.02 Å². The fourth-order valence-corrected chi connectivity index (χ4v) is 5.23. The fraction of sp³-hybridized carbons (Fsp3) is 0.318. The summed E-state index contributed by atoms with van der Waals surface area (Å²) < 4.78 is 5.36. The molecule has 1 saturated heterocycles. The van der Waals surface area contributed by atoms with Gasteiger partial charge in [-0.1, -0.05) is 17.7 Å². The first-order valence-electron chi connectivity index (χ1n) is 9.48. The Bertz CT molecular complexity index is 958. The van der Waals surface area contributed by atoms with Crippen LogP contribution in [0.5, 0.6) is 5.75 Å². The molecule has 4 atom stereocenters. The highest BCUT2D eigenvalue weighted by Gasteiger charge is 2.61. The standard InChI is InChI=1S/C22H18ClNO4/c23-15-6-8-17(9-7-15)28-22(27)14-2-1-3-16(11-14)24-20(25)18-12-4-5-13(10-12)19(18)21(24)26/h1-3,6-9,11-13,18-19H,4-5,10H2. The summed E-state index contributed by atoms with van der Waals surface area (Å²) >= 11 is 5.84. The monoisotopic (exact) mass is 395 g/mol. The average molecular weight is 396 g/mol. The van der Waals surface area contributed by atoms with Crippen LogP contribution in [0.25, 0.3) is 0 Å². The minimum Gasteiger partial charge on any atom is -0.423 e. The third kappa shape index (κ3) is 2.65. The van der Waals surface area contributed by atoms with Crippen LogP contribution in [-0.4, -0.2) is 17.8 Å². The summed E-state index contributed by atoms with van der Waals surface area (Å²) in [5, 5.41) is 0.548. The number of nitrogens with zero attached hydrogens (tertiary/aromatic N) is 1. The lowest BCUT2D eigenvalue weighted by Crippen LogP contribution is -2.32. The summed E-state index contributed by atoms with van der Waals surface area (Å²) in [6, 6.07) is 13.0. The largest absolute Gasteiger partial charge is 0.423 e. The van der Waals surface area contributed by atoms with Gasteiger partial charge < -0.3 is 4.74 Å². The van der Waals surface area contributed by atoms with Crippen molar-refractivity contribution in [1.29, 1.82) is 0 Å². The van der Waals surface area contributed by atoms with E-state index in [1.165, 1.54) is 4.90 Å². The van der Waals surface area contributed by atoms with Gasteiger partial charge in [0, 0.05) is 5.02 Å². The quantitative estimate of drug-likeness (QED) is 0.446. The van der Waals surface area contributed by atoms with Crippen LogP contribution in [0.15, 0.2) is 48.5 Å². The number of hydrogen-bond donors (Lipinski definition) is 0. The van der Waals surface area contributed by atoms with Crippen LogP contribution in [-0.2, 0) is 9.59 Å². The highest BCUT2D eigenvalue weighted by atomic mass is 35.5. The normalized spacial score (nSPS) is 28.0. The number of hydrogen-bond acceptors (Lipinski definition) is 4. The number of imide groups is 1. The van der Waals surface area contributed by atoms with E-state index in [0.717, 1.165) is 19.3 Å². The second kappa shape index (κ2) is 6.45. The Hall–Kier alpha value is -2.66. The number of esters is 1. The number of anilines is 1. The number of fused-ring (bicyclic) bond motifs is 5. The minimum absolute atomic E-state index is 0.120. The SMILES string of the molecule is O=C(Oc1ccc(Cl)cc1)c1cccc(N2C(=O)C3C4CCC(C4)C3C2=O)c1. The molecular formula is C22H18ClNO4. The van der Waals surface area contributed by atoms with E-state index in [2.05, 4.69) is 0 Å². The highest BCUT2D eigenvalue weighted by Crippen LogP contribution is 2.56. The number of halogens is 1. The lowest BCUT2D eigenvalue weighted by Gasteiger charge is -2.19. The van der Waals surface area contributed by atoms with Crippen molar-refractivity contribution in [3.05, 3.63) is 59.1 Å². The van der Waals surface area contributed by atoms with Crippen molar-refractivity contribution in [1.82, 2.24) is 0 Å². The molecule has 2 aliphatic carbocycles. The van der Waals surface area contributed by atoms with Gasteiger partial charge in [-0.15, -0.1) is 0 Å².